The first-order chi connectivity index (χ1) is 7.38. The maximum absolute atomic E-state index is 8.74. The van der Waals surface area contributed by atoms with Crippen molar-refractivity contribution in [3.63, 3.8) is 0 Å². The lowest BCUT2D eigenvalue weighted by molar-refractivity contribution is 0.138. The second kappa shape index (κ2) is 5.09. The summed E-state index contributed by atoms with van der Waals surface area (Å²) in [5.41, 5.74) is 1.02. The Kier molecular flexibility index (Phi) is 3.53. The predicted molar refractivity (Wildman–Crippen MR) is 54.9 cm³/mol. The third kappa shape index (κ3) is 2.91. The molecule has 4 heteroatoms. The molecule has 0 spiro atoms. The zero-order chi connectivity index (χ0) is 10.5. The molecule has 0 radical (unpaired) electrons. The van der Waals surface area contributed by atoms with Gasteiger partial charge in [0.2, 0.25) is 5.88 Å². The monoisotopic (exact) mass is 209 g/mol. The molecule has 0 bridgehead atoms. The fourth-order valence-electron chi connectivity index (χ4n) is 1.53. The van der Waals surface area contributed by atoms with Crippen molar-refractivity contribution < 1.29 is 14.6 Å². The summed E-state index contributed by atoms with van der Waals surface area (Å²) in [5, 5.41) is 8.74. The minimum atomic E-state index is 0.140. The Bertz CT molecular complexity index is 293. The van der Waals surface area contributed by atoms with Gasteiger partial charge in [-0.2, -0.15) is 0 Å². The molecule has 1 atom stereocenters. The van der Waals surface area contributed by atoms with Gasteiger partial charge in [-0.05, 0) is 12.0 Å². The SMILES string of the molecule is OCCc1ccc(O[C@H]2CCOC2)nc1. The van der Waals surface area contributed by atoms with Crippen LogP contribution < -0.4 is 4.74 Å². The average Bonchev–Trinajstić information content (AvgIpc) is 2.74. The van der Waals surface area contributed by atoms with Crippen molar-refractivity contribution >= 4 is 0 Å². The summed E-state index contributed by atoms with van der Waals surface area (Å²) in [6, 6.07) is 3.76. The average molecular weight is 209 g/mol. The molecule has 0 unspecified atom stereocenters. The Hall–Kier alpha value is -1.13. The minimum absolute atomic E-state index is 0.140. The van der Waals surface area contributed by atoms with Gasteiger partial charge in [-0.3, -0.25) is 0 Å². The highest BCUT2D eigenvalue weighted by Crippen LogP contribution is 2.14. The summed E-state index contributed by atoms with van der Waals surface area (Å²) in [5.74, 6) is 0.632. The van der Waals surface area contributed by atoms with E-state index in [1.165, 1.54) is 0 Å². The van der Waals surface area contributed by atoms with E-state index in [1.54, 1.807) is 6.20 Å². The summed E-state index contributed by atoms with van der Waals surface area (Å²) >= 11 is 0. The number of aliphatic hydroxyl groups excluding tert-OH is 1. The van der Waals surface area contributed by atoms with Crippen molar-refractivity contribution in [2.24, 2.45) is 0 Å². The summed E-state index contributed by atoms with van der Waals surface area (Å²) in [7, 11) is 0. The molecule has 2 rings (SSSR count). The van der Waals surface area contributed by atoms with Gasteiger partial charge in [0.25, 0.3) is 0 Å². The Morgan fingerprint density at radius 1 is 1.53 bits per heavy atom. The molecule has 1 fully saturated rings. The molecule has 0 aromatic carbocycles. The van der Waals surface area contributed by atoms with Gasteiger partial charge in [0, 0.05) is 25.3 Å². The maximum Gasteiger partial charge on any atom is 0.213 e. The van der Waals surface area contributed by atoms with E-state index in [2.05, 4.69) is 4.98 Å². The summed E-state index contributed by atoms with van der Waals surface area (Å²) in [6.45, 7) is 1.58. The van der Waals surface area contributed by atoms with Crippen LogP contribution in [-0.4, -0.2) is 36.0 Å². The van der Waals surface area contributed by atoms with Crippen LogP contribution in [0.2, 0.25) is 0 Å². The van der Waals surface area contributed by atoms with Crippen molar-refractivity contribution in [1.29, 1.82) is 0 Å². The Morgan fingerprint density at radius 3 is 3.07 bits per heavy atom. The number of ether oxygens (including phenoxy) is 2. The molecule has 0 aliphatic carbocycles. The number of rotatable bonds is 4. The number of hydrogen-bond donors (Lipinski definition) is 1. The van der Waals surface area contributed by atoms with E-state index >= 15 is 0 Å². The van der Waals surface area contributed by atoms with Crippen molar-refractivity contribution in [1.82, 2.24) is 4.98 Å². The highest BCUT2D eigenvalue weighted by Gasteiger charge is 2.17. The molecular weight excluding hydrogens is 194 g/mol. The Balaban J connectivity index is 1.91. The Labute approximate surface area is 88.9 Å². The highest BCUT2D eigenvalue weighted by atomic mass is 16.5. The van der Waals surface area contributed by atoms with Crippen LogP contribution >= 0.6 is 0 Å². The fourth-order valence-corrected chi connectivity index (χ4v) is 1.53. The molecule has 4 nitrogen and oxygen atoms in total. The van der Waals surface area contributed by atoms with Gasteiger partial charge in [0.1, 0.15) is 6.10 Å². The van der Waals surface area contributed by atoms with Crippen LogP contribution in [0.3, 0.4) is 0 Å². The first-order valence-corrected chi connectivity index (χ1v) is 5.18. The molecule has 82 valence electrons. The Morgan fingerprint density at radius 2 is 2.47 bits per heavy atom. The van der Waals surface area contributed by atoms with Gasteiger partial charge in [-0.1, -0.05) is 6.07 Å². The zero-order valence-electron chi connectivity index (χ0n) is 8.56. The summed E-state index contributed by atoms with van der Waals surface area (Å²) in [4.78, 5) is 4.17. The molecule has 1 saturated heterocycles. The lowest BCUT2D eigenvalue weighted by Crippen LogP contribution is -2.16. The second-order valence-electron chi connectivity index (χ2n) is 3.58. The molecule has 1 aliphatic rings. The highest BCUT2D eigenvalue weighted by molar-refractivity contribution is 5.18. The number of aliphatic hydroxyl groups is 1. The molecule has 1 aromatic rings. The predicted octanol–water partition coefficient (Wildman–Crippen LogP) is 0.784. The molecule has 15 heavy (non-hydrogen) atoms. The normalized spacial score (nSPS) is 20.5. The van der Waals surface area contributed by atoms with E-state index in [0.717, 1.165) is 18.6 Å². The van der Waals surface area contributed by atoms with Crippen molar-refractivity contribution in [3.05, 3.63) is 23.9 Å². The van der Waals surface area contributed by atoms with Crippen molar-refractivity contribution in [2.75, 3.05) is 19.8 Å². The van der Waals surface area contributed by atoms with Crippen LogP contribution in [0.25, 0.3) is 0 Å². The van der Waals surface area contributed by atoms with E-state index < -0.39 is 0 Å². The zero-order valence-corrected chi connectivity index (χ0v) is 8.56. The van der Waals surface area contributed by atoms with E-state index in [9.17, 15) is 0 Å². The van der Waals surface area contributed by atoms with E-state index in [4.69, 9.17) is 14.6 Å². The van der Waals surface area contributed by atoms with Crippen LogP contribution in [-0.2, 0) is 11.2 Å². The molecular formula is C11H15NO3. The molecule has 1 N–H and O–H groups in total. The molecule has 1 aromatic heterocycles. The van der Waals surface area contributed by atoms with Gasteiger partial charge in [-0.25, -0.2) is 4.98 Å². The number of nitrogens with zero attached hydrogens (tertiary/aromatic N) is 1. The lowest BCUT2D eigenvalue weighted by atomic mass is 10.2. The van der Waals surface area contributed by atoms with Crippen LogP contribution in [0, 0.1) is 0 Å². The molecule has 0 saturated carbocycles. The summed E-state index contributed by atoms with van der Waals surface area (Å²) < 4.78 is 10.8. The number of aromatic nitrogens is 1. The maximum atomic E-state index is 8.74. The van der Waals surface area contributed by atoms with Gasteiger partial charge in [-0.15, -0.1) is 0 Å². The van der Waals surface area contributed by atoms with Crippen LogP contribution in [0.1, 0.15) is 12.0 Å². The quantitative estimate of drug-likeness (QED) is 0.796. The third-order valence-corrected chi connectivity index (χ3v) is 2.37. The largest absolute Gasteiger partial charge is 0.472 e. The fraction of sp³-hybridized carbons (Fsp3) is 0.545. The standard InChI is InChI=1S/C11H15NO3/c13-5-3-9-1-2-11(12-7-9)15-10-4-6-14-8-10/h1-2,7,10,13H,3-6,8H2/t10-/m0/s1. The second-order valence-corrected chi connectivity index (χ2v) is 3.58. The van der Waals surface area contributed by atoms with Gasteiger partial charge in [0.05, 0.1) is 13.2 Å². The molecule has 2 heterocycles. The molecule has 1 aliphatic heterocycles. The van der Waals surface area contributed by atoms with Gasteiger partial charge >= 0.3 is 0 Å². The van der Waals surface area contributed by atoms with Crippen molar-refractivity contribution in [2.45, 2.75) is 18.9 Å². The topological polar surface area (TPSA) is 51.6 Å². The molecule has 0 amide bonds. The van der Waals surface area contributed by atoms with Crippen LogP contribution in [0.5, 0.6) is 5.88 Å². The summed E-state index contributed by atoms with van der Waals surface area (Å²) in [6.07, 6.45) is 3.45. The third-order valence-electron chi connectivity index (χ3n) is 2.37. The number of hydrogen-bond acceptors (Lipinski definition) is 4. The number of pyridine rings is 1. The van der Waals surface area contributed by atoms with Crippen LogP contribution in [0.4, 0.5) is 0 Å². The first-order valence-electron chi connectivity index (χ1n) is 5.18. The smallest absolute Gasteiger partial charge is 0.213 e. The van der Waals surface area contributed by atoms with Gasteiger partial charge < -0.3 is 14.6 Å². The lowest BCUT2D eigenvalue weighted by Gasteiger charge is -2.10. The van der Waals surface area contributed by atoms with E-state index in [0.29, 0.717) is 18.9 Å². The first kappa shape index (κ1) is 10.4. The minimum Gasteiger partial charge on any atom is -0.472 e. The van der Waals surface area contributed by atoms with Crippen molar-refractivity contribution in [3.8, 4) is 5.88 Å². The van der Waals surface area contributed by atoms with Gasteiger partial charge in [0.15, 0.2) is 0 Å². The van der Waals surface area contributed by atoms with E-state index in [-0.39, 0.29) is 12.7 Å². The van der Waals surface area contributed by atoms with Crippen LogP contribution in [0.15, 0.2) is 18.3 Å². The van der Waals surface area contributed by atoms with E-state index in [1.807, 2.05) is 12.1 Å².